The molecule has 2 rings (SSSR count). The van der Waals surface area contributed by atoms with E-state index in [0.29, 0.717) is 5.69 Å². The number of carboxylic acid groups (broad SMARTS) is 1. The van der Waals surface area contributed by atoms with E-state index in [-0.39, 0.29) is 0 Å². The number of benzene rings is 1. The Balaban J connectivity index is 2.55. The third kappa shape index (κ3) is 1.37. The van der Waals surface area contributed by atoms with Crippen LogP contribution in [0.5, 0.6) is 0 Å². The number of para-hydroxylation sites is 1. The van der Waals surface area contributed by atoms with Gasteiger partial charge in [0.05, 0.1) is 5.69 Å². The van der Waals surface area contributed by atoms with Crippen molar-refractivity contribution >= 4 is 24.1 Å². The van der Waals surface area contributed by atoms with Gasteiger partial charge in [0.2, 0.25) is 0 Å². The topological polar surface area (TPSA) is 52.9 Å². The van der Waals surface area contributed by atoms with Crippen molar-refractivity contribution in [1.29, 1.82) is 0 Å². The molecule has 4 heteroatoms. The molecule has 1 heterocycles. The zero-order valence-electron chi connectivity index (χ0n) is 7.29. The van der Waals surface area contributed by atoms with E-state index in [9.17, 15) is 4.79 Å². The van der Waals surface area contributed by atoms with Gasteiger partial charge in [-0.2, -0.15) is 10.1 Å². The molecular weight excluding hydrogens is 180 g/mol. The Morgan fingerprint density at radius 1 is 1.36 bits per heavy atom. The molecule has 0 aliphatic carbocycles. The van der Waals surface area contributed by atoms with Crippen molar-refractivity contribution < 1.29 is 9.90 Å². The number of fused-ring (bicyclic) bond motifs is 1. The highest BCUT2D eigenvalue weighted by atomic mass is 16.4. The van der Waals surface area contributed by atoms with E-state index in [4.69, 9.17) is 5.11 Å². The first kappa shape index (κ1) is 8.50. The lowest BCUT2D eigenvalue weighted by Crippen LogP contribution is -2.23. The Labute approximate surface area is 80.8 Å². The average molecular weight is 188 g/mol. The van der Waals surface area contributed by atoms with E-state index in [1.807, 2.05) is 18.2 Å². The van der Waals surface area contributed by atoms with Crippen molar-refractivity contribution in [2.75, 3.05) is 5.01 Å². The standard InChI is InChI=1S/C10H8N2O2/c13-10(14)12-9-6-2-1-4-8(9)5-3-7-11-12/h1-7H,(H,13,14). The average Bonchev–Trinajstić information content (AvgIpc) is 2.39. The lowest BCUT2D eigenvalue weighted by Gasteiger charge is -2.13. The second-order valence-corrected chi connectivity index (χ2v) is 2.78. The third-order valence-corrected chi connectivity index (χ3v) is 1.89. The summed E-state index contributed by atoms with van der Waals surface area (Å²) >= 11 is 0. The lowest BCUT2D eigenvalue weighted by molar-refractivity contribution is 0.202. The third-order valence-electron chi connectivity index (χ3n) is 1.89. The Kier molecular flexibility index (Phi) is 2.02. The molecule has 14 heavy (non-hydrogen) atoms. The van der Waals surface area contributed by atoms with E-state index in [1.54, 1.807) is 18.2 Å². The molecule has 0 bridgehead atoms. The molecule has 1 amide bonds. The summed E-state index contributed by atoms with van der Waals surface area (Å²) in [6.07, 6.45) is 3.90. The highest BCUT2D eigenvalue weighted by Crippen LogP contribution is 2.23. The molecule has 1 aliphatic rings. The fourth-order valence-electron chi connectivity index (χ4n) is 1.29. The van der Waals surface area contributed by atoms with E-state index < -0.39 is 6.09 Å². The summed E-state index contributed by atoms with van der Waals surface area (Å²) < 4.78 is 0. The maximum absolute atomic E-state index is 10.9. The minimum atomic E-state index is -1.09. The van der Waals surface area contributed by atoms with Gasteiger partial charge in [-0.1, -0.05) is 24.3 Å². The molecule has 70 valence electrons. The summed E-state index contributed by atoms with van der Waals surface area (Å²) in [5.74, 6) is 0. The number of hydrazone groups is 1. The van der Waals surface area contributed by atoms with Gasteiger partial charge in [0.1, 0.15) is 0 Å². The van der Waals surface area contributed by atoms with Crippen LogP contribution in [0.25, 0.3) is 6.08 Å². The van der Waals surface area contributed by atoms with E-state index >= 15 is 0 Å². The van der Waals surface area contributed by atoms with Crippen LogP contribution in [0.2, 0.25) is 0 Å². The number of hydrogen-bond acceptors (Lipinski definition) is 2. The highest BCUT2D eigenvalue weighted by molar-refractivity contribution is 5.94. The van der Waals surface area contributed by atoms with Crippen LogP contribution in [0, 0.1) is 0 Å². The second-order valence-electron chi connectivity index (χ2n) is 2.78. The number of rotatable bonds is 0. The summed E-state index contributed by atoms with van der Waals surface area (Å²) in [6.45, 7) is 0. The van der Waals surface area contributed by atoms with Gasteiger partial charge in [0.15, 0.2) is 0 Å². The Morgan fingerprint density at radius 2 is 2.14 bits per heavy atom. The first-order chi connectivity index (χ1) is 6.79. The van der Waals surface area contributed by atoms with Crippen LogP contribution in [0.3, 0.4) is 0 Å². The molecule has 1 N–H and O–H groups in total. The van der Waals surface area contributed by atoms with Crippen molar-refractivity contribution in [3.05, 3.63) is 35.9 Å². The van der Waals surface area contributed by atoms with Crippen LogP contribution in [0.4, 0.5) is 10.5 Å². The smallest absolute Gasteiger partial charge is 0.432 e. The number of amides is 1. The predicted molar refractivity (Wildman–Crippen MR) is 54.5 cm³/mol. The molecule has 0 radical (unpaired) electrons. The molecular formula is C10H8N2O2. The lowest BCUT2D eigenvalue weighted by atomic mass is 10.1. The summed E-state index contributed by atoms with van der Waals surface area (Å²) in [5, 5.41) is 13.6. The van der Waals surface area contributed by atoms with Gasteiger partial charge in [-0.3, -0.25) is 0 Å². The molecule has 0 fully saturated rings. The fraction of sp³-hybridized carbons (Fsp3) is 0. The van der Waals surface area contributed by atoms with Crippen LogP contribution < -0.4 is 5.01 Å². The maximum atomic E-state index is 10.9. The Bertz CT molecular complexity index is 424. The van der Waals surface area contributed by atoms with E-state index in [0.717, 1.165) is 10.6 Å². The molecule has 0 saturated carbocycles. The molecule has 1 aliphatic heterocycles. The number of hydrogen-bond donors (Lipinski definition) is 1. The molecule has 1 aromatic rings. The SMILES string of the molecule is O=C(O)N1N=CC=Cc2ccccc21. The minimum Gasteiger partial charge on any atom is -0.463 e. The molecule has 0 unspecified atom stereocenters. The number of anilines is 1. The molecule has 0 atom stereocenters. The normalized spacial score (nSPS) is 13.6. The van der Waals surface area contributed by atoms with E-state index in [2.05, 4.69) is 5.10 Å². The van der Waals surface area contributed by atoms with Gasteiger partial charge < -0.3 is 5.11 Å². The van der Waals surface area contributed by atoms with Crippen molar-refractivity contribution in [1.82, 2.24) is 0 Å². The minimum absolute atomic E-state index is 0.574. The van der Waals surface area contributed by atoms with Crippen molar-refractivity contribution in [3.8, 4) is 0 Å². The summed E-state index contributed by atoms with van der Waals surface area (Å²) in [7, 11) is 0. The van der Waals surface area contributed by atoms with Crippen LogP contribution in [-0.4, -0.2) is 17.4 Å². The molecule has 1 aromatic carbocycles. The summed E-state index contributed by atoms with van der Waals surface area (Å²) in [6, 6.07) is 7.20. The van der Waals surface area contributed by atoms with Crippen molar-refractivity contribution in [2.24, 2.45) is 5.10 Å². The van der Waals surface area contributed by atoms with Crippen LogP contribution in [0.15, 0.2) is 35.4 Å². The zero-order valence-corrected chi connectivity index (χ0v) is 7.29. The molecule has 0 spiro atoms. The van der Waals surface area contributed by atoms with Crippen LogP contribution in [0.1, 0.15) is 5.56 Å². The zero-order chi connectivity index (χ0) is 9.97. The molecule has 4 nitrogen and oxygen atoms in total. The highest BCUT2D eigenvalue weighted by Gasteiger charge is 2.16. The number of allylic oxidation sites excluding steroid dienone is 1. The van der Waals surface area contributed by atoms with Gasteiger partial charge in [-0.25, -0.2) is 4.79 Å². The van der Waals surface area contributed by atoms with Gasteiger partial charge >= 0.3 is 6.09 Å². The quantitative estimate of drug-likeness (QED) is 0.678. The van der Waals surface area contributed by atoms with Gasteiger partial charge in [-0.15, -0.1) is 0 Å². The van der Waals surface area contributed by atoms with Gasteiger partial charge in [-0.05, 0) is 12.1 Å². The predicted octanol–water partition coefficient (Wildman–Crippen LogP) is 2.18. The maximum Gasteiger partial charge on any atom is 0.432 e. The van der Waals surface area contributed by atoms with Gasteiger partial charge in [0.25, 0.3) is 0 Å². The van der Waals surface area contributed by atoms with Crippen LogP contribution in [-0.2, 0) is 0 Å². The second kappa shape index (κ2) is 3.33. The largest absolute Gasteiger partial charge is 0.463 e. The van der Waals surface area contributed by atoms with Crippen LogP contribution >= 0.6 is 0 Å². The van der Waals surface area contributed by atoms with E-state index in [1.165, 1.54) is 6.21 Å². The fourth-order valence-corrected chi connectivity index (χ4v) is 1.29. The Hall–Kier alpha value is -2.10. The number of nitrogens with zero attached hydrogens (tertiary/aromatic N) is 2. The first-order valence-corrected chi connectivity index (χ1v) is 4.12. The van der Waals surface area contributed by atoms with Crippen molar-refractivity contribution in [3.63, 3.8) is 0 Å². The first-order valence-electron chi connectivity index (χ1n) is 4.12. The van der Waals surface area contributed by atoms with Crippen molar-refractivity contribution in [2.45, 2.75) is 0 Å². The monoisotopic (exact) mass is 188 g/mol. The van der Waals surface area contributed by atoms with Gasteiger partial charge in [0, 0.05) is 11.8 Å². The number of carbonyl (C=O) groups is 1. The molecule has 0 aromatic heterocycles. The molecule has 0 saturated heterocycles. The Morgan fingerprint density at radius 3 is 2.93 bits per heavy atom. The summed E-state index contributed by atoms with van der Waals surface area (Å²) in [5.41, 5.74) is 1.41. The summed E-state index contributed by atoms with van der Waals surface area (Å²) in [4.78, 5) is 10.9.